The number of likely N-dealkylation sites (N-methyl/N-ethyl adjacent to an activating group) is 2. The van der Waals surface area contributed by atoms with Crippen LogP contribution in [0.1, 0.15) is 118 Å². The summed E-state index contributed by atoms with van der Waals surface area (Å²) >= 11 is 0. The average molecular weight is 925 g/mol. The van der Waals surface area contributed by atoms with Gasteiger partial charge >= 0.3 is 29.8 Å². The molecule has 0 spiro atoms. The first-order chi connectivity index (χ1) is 30.5. The van der Waals surface area contributed by atoms with E-state index in [0.717, 1.165) is 32.1 Å². The second-order valence-corrected chi connectivity index (χ2v) is 20.3. The molecule has 5 aliphatic carbocycles. The Balaban J connectivity index is 1.31. The number of fused-ring (bicyclic) bond motifs is 5. The molecule has 1 aromatic carbocycles. The van der Waals surface area contributed by atoms with Crippen molar-refractivity contribution >= 4 is 44.9 Å². The van der Waals surface area contributed by atoms with Gasteiger partial charge < -0.3 is 43.7 Å². The number of aliphatic hydroxyl groups is 2. The van der Waals surface area contributed by atoms with E-state index >= 15 is 4.79 Å². The average Bonchev–Trinajstić information content (AvgIpc) is 3.23. The highest BCUT2D eigenvalue weighted by molar-refractivity contribution is 7.39. The second-order valence-electron chi connectivity index (χ2n) is 19.9. The summed E-state index contributed by atoms with van der Waals surface area (Å²) in [7, 11) is 5.03. The third-order valence-electron chi connectivity index (χ3n) is 15.7. The minimum atomic E-state index is -2.08. The van der Waals surface area contributed by atoms with Crippen LogP contribution < -0.4 is 0 Å². The summed E-state index contributed by atoms with van der Waals surface area (Å²) in [5.41, 5.74) is -5.64. The zero-order chi connectivity index (χ0) is 47.8. The second kappa shape index (κ2) is 19.5. The van der Waals surface area contributed by atoms with Crippen LogP contribution in [0.15, 0.2) is 53.6 Å². The molecule has 0 aromatic heterocycles. The van der Waals surface area contributed by atoms with Gasteiger partial charge in [-0.2, -0.15) is 0 Å². The summed E-state index contributed by atoms with van der Waals surface area (Å²) in [6.45, 7) is 11.7. The van der Waals surface area contributed by atoms with Crippen molar-refractivity contribution in [3.8, 4) is 0 Å². The maximum atomic E-state index is 15.2. The van der Waals surface area contributed by atoms with Crippen LogP contribution in [0, 0.1) is 28.6 Å². The molecule has 2 N–H and O–H groups in total. The Labute approximate surface area is 385 Å². The first kappa shape index (κ1) is 50.1. The number of Topliss-reactive ketones (excluding diaryl/α,β-unsaturated/α-hetero) is 1. The Morgan fingerprint density at radius 1 is 0.938 bits per heavy atom. The van der Waals surface area contributed by atoms with Gasteiger partial charge in [0.2, 0.25) is 6.10 Å². The van der Waals surface area contributed by atoms with Gasteiger partial charge in [-0.05, 0) is 90.8 Å². The van der Waals surface area contributed by atoms with E-state index in [1.807, 2.05) is 27.5 Å². The number of carbonyl (C=O) groups is 6. The highest BCUT2D eigenvalue weighted by Gasteiger charge is 2.76. The lowest BCUT2D eigenvalue weighted by Gasteiger charge is -2.68. The number of aliphatic hydroxyl groups excluding tert-OH is 1. The van der Waals surface area contributed by atoms with E-state index in [1.165, 1.54) is 23.8 Å². The number of benzene rings is 1. The topological polar surface area (TPSA) is 196 Å². The van der Waals surface area contributed by atoms with Gasteiger partial charge in [0.05, 0.1) is 17.4 Å². The van der Waals surface area contributed by atoms with Gasteiger partial charge in [0.1, 0.15) is 35.3 Å². The number of ketones is 1. The Kier molecular flexibility index (Phi) is 15.0. The van der Waals surface area contributed by atoms with Gasteiger partial charge in [0.15, 0.2) is 0 Å². The molecular weight excluding hydrogens is 856 g/mol. The molecule has 2 bridgehead atoms. The predicted octanol–water partition coefficient (Wildman–Crippen LogP) is 7.27. The molecule has 13 atom stereocenters. The minimum Gasteiger partial charge on any atom is -0.458 e. The molecule has 16 heteroatoms. The molecule has 3 fully saturated rings. The molecule has 0 heterocycles. The predicted molar refractivity (Wildman–Crippen MR) is 242 cm³/mol. The lowest BCUT2D eigenvalue weighted by molar-refractivity contribution is -0.294. The Morgan fingerprint density at radius 2 is 1.60 bits per heavy atom. The zero-order valence-corrected chi connectivity index (χ0v) is 40.5. The fourth-order valence-corrected chi connectivity index (χ4v) is 11.9. The molecular formula is C49H69N2O13P. The van der Waals surface area contributed by atoms with E-state index < -0.39 is 99.8 Å². The molecule has 0 saturated heterocycles. The van der Waals surface area contributed by atoms with Crippen molar-refractivity contribution in [2.24, 2.45) is 28.6 Å². The first-order valence-corrected chi connectivity index (χ1v) is 23.7. The number of hydrogen-bond acceptors (Lipinski definition) is 13. The highest BCUT2D eigenvalue weighted by atomic mass is 31.0. The van der Waals surface area contributed by atoms with Crippen LogP contribution in [-0.2, 0) is 38.1 Å². The van der Waals surface area contributed by atoms with Gasteiger partial charge in [0.25, 0.3) is 0 Å². The molecule has 6 rings (SSSR count). The van der Waals surface area contributed by atoms with Gasteiger partial charge in [-0.25, -0.2) is 19.2 Å². The number of ether oxygens (including phenoxy) is 5. The van der Waals surface area contributed by atoms with Crippen molar-refractivity contribution in [2.75, 3.05) is 27.2 Å². The maximum absolute atomic E-state index is 15.2. The number of carbonyl (C=O) groups excluding carboxylic acids is 6. The van der Waals surface area contributed by atoms with Gasteiger partial charge in [-0.1, -0.05) is 70.5 Å². The molecule has 2 amide bonds. The van der Waals surface area contributed by atoms with Crippen molar-refractivity contribution < 1.29 is 62.7 Å². The molecule has 15 nitrogen and oxygen atoms in total. The number of allylic oxidation sites excluding steroid dienone is 1. The summed E-state index contributed by atoms with van der Waals surface area (Å²) in [5.74, 6) is -5.19. The van der Waals surface area contributed by atoms with Crippen molar-refractivity contribution in [1.29, 1.82) is 0 Å². The van der Waals surface area contributed by atoms with Crippen LogP contribution in [0.25, 0.3) is 0 Å². The maximum Gasteiger partial charge on any atom is 0.410 e. The van der Waals surface area contributed by atoms with E-state index in [4.69, 9.17) is 23.7 Å². The zero-order valence-electron chi connectivity index (χ0n) is 39.4. The summed E-state index contributed by atoms with van der Waals surface area (Å²) in [6.07, 6.45) is 2.28. The molecule has 65 heavy (non-hydrogen) atoms. The smallest absolute Gasteiger partial charge is 0.410 e. The Bertz CT molecular complexity index is 2060. The standard InChI is InChI=1S/C49H69N2O13P/c1-28(32-18-14-13-15-19-32)38(62-44(57)51(9)25-24-50(8)43(56)60-34-20-16-11-10-12-17-21-34)42(55)61-35-27-49(59)41(63-45(58)65)39-47(7,40(54)30(3)37(29(35)2)46(49,5)6)36(53)26-33-22-23-48(33,39)64-31(4)52/h13-16,18-20,28,30,33-36,38-39,41,53,59H,10-12,17,21-27,65H2,1-9H3/b20-16+/t28-,30+,33+,34?,35-,36-,38+,39?,41?,47+,48-,49+/m0/s1. The lowest BCUT2D eigenvalue weighted by Crippen LogP contribution is -2.78. The molecule has 3 saturated carbocycles. The lowest BCUT2D eigenvalue weighted by atomic mass is 9.40. The minimum absolute atomic E-state index is 0.0502. The number of rotatable bonds is 11. The van der Waals surface area contributed by atoms with Crippen molar-refractivity contribution in [3.05, 3.63) is 59.2 Å². The highest BCUT2D eigenvalue weighted by Crippen LogP contribution is 2.67. The fourth-order valence-electron chi connectivity index (χ4n) is 11.8. The molecule has 4 unspecified atom stereocenters. The summed E-state index contributed by atoms with van der Waals surface area (Å²) < 4.78 is 30.4. The van der Waals surface area contributed by atoms with E-state index in [-0.39, 0.29) is 38.0 Å². The van der Waals surface area contributed by atoms with Crippen LogP contribution in [0.4, 0.5) is 14.4 Å². The number of hydrogen-bond donors (Lipinski definition) is 2. The molecule has 5 aliphatic rings. The Hall–Kier alpha value is -4.33. The largest absolute Gasteiger partial charge is 0.458 e. The number of esters is 2. The number of nitrogens with zero attached hydrogens (tertiary/aromatic N) is 2. The van der Waals surface area contributed by atoms with Crippen LogP contribution in [-0.4, -0.2) is 125 Å². The van der Waals surface area contributed by atoms with E-state index in [9.17, 15) is 34.2 Å². The summed E-state index contributed by atoms with van der Waals surface area (Å²) in [5, 5.41) is 25.4. The third-order valence-corrected chi connectivity index (χ3v) is 15.8. The van der Waals surface area contributed by atoms with Crippen molar-refractivity contribution in [1.82, 2.24) is 9.80 Å². The van der Waals surface area contributed by atoms with Crippen LogP contribution in [0.2, 0.25) is 0 Å². The first-order valence-electron chi connectivity index (χ1n) is 23.1. The summed E-state index contributed by atoms with van der Waals surface area (Å²) in [6, 6.07) is 8.99. The van der Waals surface area contributed by atoms with E-state index in [0.29, 0.717) is 29.6 Å². The number of amides is 2. The van der Waals surface area contributed by atoms with Crippen molar-refractivity contribution in [2.45, 2.75) is 154 Å². The van der Waals surface area contributed by atoms with E-state index in [1.54, 1.807) is 72.9 Å². The van der Waals surface area contributed by atoms with Crippen LogP contribution in [0.5, 0.6) is 0 Å². The quantitative estimate of drug-likeness (QED) is 0.0975. The van der Waals surface area contributed by atoms with Crippen molar-refractivity contribution in [3.63, 3.8) is 0 Å². The van der Waals surface area contributed by atoms with Gasteiger partial charge in [-0.3, -0.25) is 9.59 Å². The molecule has 358 valence electrons. The van der Waals surface area contributed by atoms with E-state index in [2.05, 4.69) is 0 Å². The van der Waals surface area contributed by atoms with Gasteiger partial charge in [0, 0.05) is 63.7 Å². The fraction of sp³-hybridized carbons (Fsp3) is 0.673. The monoisotopic (exact) mass is 924 g/mol. The molecule has 0 aliphatic heterocycles. The SMILES string of the molecule is CC(=O)O[C@@]12CC[C@@H]1C[C@H](O)[C@@]1(C)C(=O)[C@H](C)C3=C(C)[C@@H](OC(=O)[C@H](OC(=O)N(C)CCN(C)C(=O)OC4/C=C/CCCCC4)[C@@H](C)c4ccccc4)C[C@@](O)(C(OC(=O)P)C12)C3(C)C. The normalized spacial score (nSPS) is 34.2. The van der Waals surface area contributed by atoms with Crippen LogP contribution >= 0.6 is 9.24 Å². The summed E-state index contributed by atoms with van der Waals surface area (Å²) in [4.78, 5) is 85.4. The molecule has 1 aromatic rings. The Morgan fingerprint density at radius 3 is 2.22 bits per heavy atom. The third kappa shape index (κ3) is 9.35. The van der Waals surface area contributed by atoms with Crippen LogP contribution in [0.3, 0.4) is 0 Å². The molecule has 0 radical (unpaired) electrons. The van der Waals surface area contributed by atoms with Gasteiger partial charge in [-0.15, -0.1) is 0 Å².